The van der Waals surface area contributed by atoms with Gasteiger partial charge >= 0.3 is 23.9 Å². The van der Waals surface area contributed by atoms with E-state index >= 15 is 0 Å². The van der Waals surface area contributed by atoms with Gasteiger partial charge in [-0.3, -0.25) is 14.4 Å². The van der Waals surface area contributed by atoms with Crippen LogP contribution in [0, 0.1) is 0 Å². The second kappa shape index (κ2) is 43.2. The number of aliphatic hydroxyl groups is 2. The Labute approximate surface area is 403 Å². The number of hydrogen-bond acceptors (Lipinski definition) is 11. The Kier molecular flexibility index (Phi) is 39.3. The van der Waals surface area contributed by atoms with Gasteiger partial charge in [-0.1, -0.05) is 164 Å². The number of aliphatic hydroxyl groups excluding tert-OH is 2. The maximum Gasteiger partial charge on any atom is 0.335 e. The molecule has 6 unspecified atom stereocenters. The topological polar surface area (TPSA) is 175 Å². The van der Waals surface area contributed by atoms with Crippen molar-refractivity contribution in [3.8, 4) is 0 Å². The largest absolute Gasteiger partial charge is 0.479 e. The van der Waals surface area contributed by atoms with E-state index in [0.717, 1.165) is 109 Å². The summed E-state index contributed by atoms with van der Waals surface area (Å²) in [6.45, 7) is 5.67. The van der Waals surface area contributed by atoms with Crippen LogP contribution in [-0.2, 0) is 42.9 Å². The molecule has 0 saturated carbocycles. The van der Waals surface area contributed by atoms with Crippen LogP contribution in [0.25, 0.3) is 0 Å². The molecule has 1 heterocycles. The first-order chi connectivity index (χ1) is 32.6. The number of hydrogen-bond donors (Lipinski definition) is 3. The number of rotatable bonds is 41. The smallest absolute Gasteiger partial charge is 0.335 e. The van der Waals surface area contributed by atoms with Crippen molar-refractivity contribution in [3.05, 3.63) is 85.1 Å². The number of carbonyl (C=O) groups excluding carboxylic acids is 3. The van der Waals surface area contributed by atoms with E-state index in [-0.39, 0.29) is 25.9 Å². The van der Waals surface area contributed by atoms with Crippen molar-refractivity contribution in [2.45, 2.75) is 225 Å². The number of carboxylic acid groups (broad SMARTS) is 1. The SMILES string of the molecule is CC/C=C\C/C=C\C/C=C\C/C=C\CCC(=O)OC1C(OCC(COC(=O)CCCCCCC/C=C\C/C=C\CCC)OC(=O)CCCCCCC/C=C\CCCC)OC(C(=O)O)C(O)C1O. The van der Waals surface area contributed by atoms with Crippen LogP contribution < -0.4 is 0 Å². The van der Waals surface area contributed by atoms with Gasteiger partial charge in [0.05, 0.1) is 6.61 Å². The van der Waals surface area contributed by atoms with Crippen molar-refractivity contribution in [3.63, 3.8) is 0 Å². The van der Waals surface area contributed by atoms with E-state index in [9.17, 15) is 34.5 Å². The van der Waals surface area contributed by atoms with Gasteiger partial charge in [0.1, 0.15) is 18.8 Å². The lowest BCUT2D eigenvalue weighted by atomic mass is 9.98. The summed E-state index contributed by atoms with van der Waals surface area (Å²) in [6.07, 6.45) is 41.7. The molecule has 1 saturated heterocycles. The first-order valence-corrected chi connectivity index (χ1v) is 25.6. The summed E-state index contributed by atoms with van der Waals surface area (Å²) in [4.78, 5) is 50.7. The third-order valence-electron chi connectivity index (χ3n) is 10.9. The highest BCUT2D eigenvalue weighted by Crippen LogP contribution is 2.26. The second-order valence-electron chi connectivity index (χ2n) is 17.1. The lowest BCUT2D eigenvalue weighted by molar-refractivity contribution is -0.301. The number of allylic oxidation sites excluding steroid dienone is 14. The number of aliphatic carboxylic acids is 1. The Morgan fingerprint density at radius 1 is 0.507 bits per heavy atom. The molecule has 67 heavy (non-hydrogen) atoms. The van der Waals surface area contributed by atoms with Gasteiger partial charge in [-0.25, -0.2) is 4.79 Å². The minimum atomic E-state index is -1.93. The molecule has 12 heteroatoms. The Hall–Kier alpha value is -4.10. The standard InChI is InChI=1S/C55H88O12/c1-4-7-10-13-16-19-22-24-27-29-32-35-38-41-47(56)63-44-46(65-48(57)42-39-36-33-30-26-21-18-15-12-9-6-3)45-64-55-53(51(60)50(59)52(67-55)54(61)62)66-49(58)43-40-37-34-31-28-25-23-20-17-14-11-8-5-2/h8,10-11,13,15,17-20,22,25,28,34,37,46,50-53,55,59-60H,4-7,9,12,14,16,21,23-24,26-27,29-33,35-36,38-45H2,1-3H3,(H,61,62)/b11-8-,13-10-,18-15-,20-17-,22-19-,28-25-,37-34-. The average Bonchev–Trinajstić information content (AvgIpc) is 3.31. The molecular formula is C55H88O12. The van der Waals surface area contributed by atoms with Crippen LogP contribution in [0.1, 0.15) is 188 Å². The first kappa shape index (κ1) is 60.9. The maximum absolute atomic E-state index is 13.0. The van der Waals surface area contributed by atoms with Crippen LogP contribution in [0.3, 0.4) is 0 Å². The zero-order valence-corrected chi connectivity index (χ0v) is 41.4. The van der Waals surface area contributed by atoms with Crippen LogP contribution in [0.5, 0.6) is 0 Å². The van der Waals surface area contributed by atoms with Gasteiger partial charge in [-0.2, -0.15) is 0 Å². The van der Waals surface area contributed by atoms with Crippen molar-refractivity contribution in [1.29, 1.82) is 0 Å². The van der Waals surface area contributed by atoms with Gasteiger partial charge in [0.25, 0.3) is 0 Å². The fourth-order valence-electron chi connectivity index (χ4n) is 6.99. The number of unbranched alkanes of at least 4 members (excludes halogenated alkanes) is 13. The molecule has 3 N–H and O–H groups in total. The molecule has 0 radical (unpaired) electrons. The Morgan fingerprint density at radius 2 is 1.00 bits per heavy atom. The molecule has 0 spiro atoms. The van der Waals surface area contributed by atoms with Crippen molar-refractivity contribution < 1.29 is 58.2 Å². The van der Waals surface area contributed by atoms with Crippen LogP contribution in [0.2, 0.25) is 0 Å². The van der Waals surface area contributed by atoms with Crippen LogP contribution in [0.15, 0.2) is 85.1 Å². The molecule has 0 aliphatic carbocycles. The molecule has 1 aliphatic heterocycles. The number of esters is 3. The first-order valence-electron chi connectivity index (χ1n) is 25.6. The lowest BCUT2D eigenvalue weighted by Crippen LogP contribution is -2.61. The molecule has 0 aromatic rings. The average molecular weight is 941 g/mol. The summed E-state index contributed by atoms with van der Waals surface area (Å²) in [7, 11) is 0. The summed E-state index contributed by atoms with van der Waals surface area (Å²) in [6, 6.07) is 0. The fourth-order valence-corrected chi connectivity index (χ4v) is 6.99. The minimum Gasteiger partial charge on any atom is -0.479 e. The van der Waals surface area contributed by atoms with Crippen LogP contribution in [0.4, 0.5) is 0 Å². The maximum atomic E-state index is 13.0. The molecule has 0 amide bonds. The summed E-state index contributed by atoms with van der Waals surface area (Å²) in [5, 5.41) is 31.3. The number of ether oxygens (including phenoxy) is 5. The summed E-state index contributed by atoms with van der Waals surface area (Å²) in [5.41, 5.74) is 0. The molecule has 6 atom stereocenters. The summed E-state index contributed by atoms with van der Waals surface area (Å²) < 4.78 is 28.1. The minimum absolute atomic E-state index is 0.0660. The van der Waals surface area contributed by atoms with Crippen molar-refractivity contribution >= 4 is 23.9 Å². The van der Waals surface area contributed by atoms with E-state index in [1.165, 1.54) is 12.8 Å². The Bertz CT molecular complexity index is 1490. The Balaban J connectivity index is 2.80. The quantitative estimate of drug-likeness (QED) is 0.0229. The lowest BCUT2D eigenvalue weighted by Gasteiger charge is -2.40. The molecule has 12 nitrogen and oxygen atoms in total. The van der Waals surface area contributed by atoms with E-state index in [0.29, 0.717) is 25.7 Å². The highest BCUT2D eigenvalue weighted by molar-refractivity contribution is 5.74. The van der Waals surface area contributed by atoms with E-state index in [2.05, 4.69) is 87.6 Å². The molecule has 0 aromatic heterocycles. The highest BCUT2D eigenvalue weighted by Gasteiger charge is 2.50. The Morgan fingerprint density at radius 3 is 1.57 bits per heavy atom. The van der Waals surface area contributed by atoms with E-state index in [4.69, 9.17) is 23.7 Å². The predicted octanol–water partition coefficient (Wildman–Crippen LogP) is 12.0. The number of carbonyl (C=O) groups is 4. The molecule has 0 bridgehead atoms. The van der Waals surface area contributed by atoms with Crippen molar-refractivity contribution in [2.24, 2.45) is 0 Å². The molecule has 1 aliphatic rings. The predicted molar refractivity (Wildman–Crippen MR) is 266 cm³/mol. The molecule has 0 aromatic carbocycles. The summed E-state index contributed by atoms with van der Waals surface area (Å²) in [5.74, 6) is -3.27. The number of carboxylic acids is 1. The van der Waals surface area contributed by atoms with E-state index < -0.39 is 67.3 Å². The van der Waals surface area contributed by atoms with Crippen molar-refractivity contribution in [1.82, 2.24) is 0 Å². The zero-order valence-electron chi connectivity index (χ0n) is 41.4. The van der Waals surface area contributed by atoms with Gasteiger partial charge in [-0.05, 0) is 89.9 Å². The van der Waals surface area contributed by atoms with Gasteiger partial charge in [0.15, 0.2) is 24.6 Å². The third-order valence-corrected chi connectivity index (χ3v) is 10.9. The molecule has 1 rings (SSSR count). The molecular weight excluding hydrogens is 853 g/mol. The molecule has 1 fully saturated rings. The van der Waals surface area contributed by atoms with E-state index in [1.54, 1.807) is 0 Å². The normalized spacial score (nSPS) is 19.6. The summed E-state index contributed by atoms with van der Waals surface area (Å²) >= 11 is 0. The van der Waals surface area contributed by atoms with Gasteiger partial charge in [-0.15, -0.1) is 0 Å². The zero-order chi connectivity index (χ0) is 49.0. The molecule has 380 valence electrons. The van der Waals surface area contributed by atoms with E-state index in [1.807, 2.05) is 18.2 Å². The van der Waals surface area contributed by atoms with Gasteiger partial charge in [0.2, 0.25) is 0 Å². The van der Waals surface area contributed by atoms with Gasteiger partial charge < -0.3 is 39.0 Å². The van der Waals surface area contributed by atoms with Gasteiger partial charge in [0, 0.05) is 19.3 Å². The monoisotopic (exact) mass is 941 g/mol. The fraction of sp³-hybridized carbons (Fsp3) is 0.673. The van der Waals surface area contributed by atoms with Crippen LogP contribution >= 0.6 is 0 Å². The second-order valence-corrected chi connectivity index (χ2v) is 17.1. The van der Waals surface area contributed by atoms with Crippen LogP contribution in [-0.4, -0.2) is 89.2 Å². The highest BCUT2D eigenvalue weighted by atomic mass is 16.7. The third kappa shape index (κ3) is 33.9. The van der Waals surface area contributed by atoms with Crippen molar-refractivity contribution in [2.75, 3.05) is 13.2 Å².